The topological polar surface area (TPSA) is 58.6 Å². The molecule has 0 saturated heterocycles. The summed E-state index contributed by atoms with van der Waals surface area (Å²) in [5.74, 6) is 0.583. The van der Waals surface area contributed by atoms with Crippen LogP contribution in [0.5, 0.6) is 5.75 Å². The zero-order valence-corrected chi connectivity index (χ0v) is 22.1. The molecule has 3 aromatic rings. The second-order valence-electron chi connectivity index (χ2n) is 9.90. The molecular formula is C31H38N2O3. The lowest BCUT2D eigenvalue weighted by molar-refractivity contribution is -0.142. The molecule has 1 atom stereocenters. The van der Waals surface area contributed by atoms with Crippen LogP contribution in [0.2, 0.25) is 0 Å². The number of amides is 2. The molecule has 0 aliphatic rings. The smallest absolute Gasteiger partial charge is 0.261 e. The number of nitrogens with one attached hydrogen (secondary N) is 1. The molecule has 0 saturated carbocycles. The molecule has 5 nitrogen and oxygen atoms in total. The largest absolute Gasteiger partial charge is 0.484 e. The number of ether oxygens (including phenoxy) is 1. The second kappa shape index (κ2) is 12.9. The van der Waals surface area contributed by atoms with Gasteiger partial charge < -0.3 is 15.0 Å². The van der Waals surface area contributed by atoms with E-state index in [1.807, 2.05) is 87.5 Å². The summed E-state index contributed by atoms with van der Waals surface area (Å²) in [5.41, 5.74) is 5.23. The van der Waals surface area contributed by atoms with Crippen LogP contribution in [0.4, 0.5) is 0 Å². The van der Waals surface area contributed by atoms with E-state index in [1.54, 1.807) is 4.90 Å². The number of aryl methyl sites for hydroxylation is 3. The molecule has 0 fully saturated rings. The first-order valence-electron chi connectivity index (χ1n) is 12.6. The fourth-order valence-electron chi connectivity index (χ4n) is 4.19. The van der Waals surface area contributed by atoms with Gasteiger partial charge in [-0.05, 0) is 66.6 Å². The van der Waals surface area contributed by atoms with Crippen molar-refractivity contribution in [2.24, 2.45) is 5.92 Å². The van der Waals surface area contributed by atoms with Crippen LogP contribution >= 0.6 is 0 Å². The van der Waals surface area contributed by atoms with Gasteiger partial charge in [-0.1, -0.05) is 74.5 Å². The standard InChI is InChI=1S/C31H38N2O3/c1-22(2)19-32-31(35)29(18-26-12-7-6-8-13-26)33(20-27-14-10-9-11-25(27)5)30(34)21-36-28-16-23(3)15-24(4)17-28/h6-17,22,29H,18-21H2,1-5H3,(H,32,35). The van der Waals surface area contributed by atoms with Crippen molar-refractivity contribution in [1.82, 2.24) is 10.2 Å². The Labute approximate surface area is 215 Å². The van der Waals surface area contributed by atoms with Crippen LogP contribution < -0.4 is 10.1 Å². The summed E-state index contributed by atoms with van der Waals surface area (Å²) in [5, 5.41) is 3.05. The van der Waals surface area contributed by atoms with E-state index >= 15 is 0 Å². The highest BCUT2D eigenvalue weighted by atomic mass is 16.5. The van der Waals surface area contributed by atoms with Crippen molar-refractivity contribution in [3.05, 3.63) is 101 Å². The zero-order valence-electron chi connectivity index (χ0n) is 22.1. The number of hydrogen-bond donors (Lipinski definition) is 1. The highest BCUT2D eigenvalue weighted by Gasteiger charge is 2.31. The van der Waals surface area contributed by atoms with Crippen molar-refractivity contribution < 1.29 is 14.3 Å². The van der Waals surface area contributed by atoms with Crippen LogP contribution in [0.15, 0.2) is 72.8 Å². The average molecular weight is 487 g/mol. The summed E-state index contributed by atoms with van der Waals surface area (Å²) in [6.07, 6.45) is 0.423. The van der Waals surface area contributed by atoms with Crippen molar-refractivity contribution in [2.75, 3.05) is 13.2 Å². The molecule has 0 spiro atoms. The average Bonchev–Trinajstić information content (AvgIpc) is 2.84. The Bertz CT molecular complexity index is 1140. The molecule has 5 heteroatoms. The Kier molecular flexibility index (Phi) is 9.69. The molecular weight excluding hydrogens is 448 g/mol. The van der Waals surface area contributed by atoms with Gasteiger partial charge in [0, 0.05) is 19.5 Å². The van der Waals surface area contributed by atoms with Gasteiger partial charge in [-0.2, -0.15) is 0 Å². The molecule has 0 bridgehead atoms. The Morgan fingerprint density at radius 3 is 2.17 bits per heavy atom. The Hall–Kier alpha value is -3.60. The van der Waals surface area contributed by atoms with Crippen molar-refractivity contribution in [1.29, 1.82) is 0 Å². The van der Waals surface area contributed by atoms with Crippen LogP contribution in [0.3, 0.4) is 0 Å². The van der Waals surface area contributed by atoms with Gasteiger partial charge in [0.25, 0.3) is 5.91 Å². The van der Waals surface area contributed by atoms with E-state index in [2.05, 4.69) is 25.2 Å². The predicted octanol–water partition coefficient (Wildman–Crippen LogP) is 5.40. The van der Waals surface area contributed by atoms with Crippen LogP contribution in [0.1, 0.15) is 41.7 Å². The maximum absolute atomic E-state index is 13.7. The van der Waals surface area contributed by atoms with Gasteiger partial charge in [-0.25, -0.2) is 0 Å². The molecule has 3 rings (SSSR count). The number of hydrogen-bond acceptors (Lipinski definition) is 3. The van der Waals surface area contributed by atoms with Gasteiger partial charge in [-0.3, -0.25) is 9.59 Å². The molecule has 36 heavy (non-hydrogen) atoms. The summed E-state index contributed by atoms with van der Waals surface area (Å²) in [7, 11) is 0. The van der Waals surface area contributed by atoms with Crippen LogP contribution in [0.25, 0.3) is 0 Å². The molecule has 0 radical (unpaired) electrons. The molecule has 0 aliphatic carbocycles. The van der Waals surface area contributed by atoms with Crippen LogP contribution in [-0.2, 0) is 22.6 Å². The SMILES string of the molecule is Cc1cc(C)cc(OCC(=O)N(Cc2ccccc2C)C(Cc2ccccc2)C(=O)NCC(C)C)c1. The van der Waals surface area contributed by atoms with E-state index in [0.717, 1.165) is 27.8 Å². The number of nitrogens with zero attached hydrogens (tertiary/aromatic N) is 1. The number of benzene rings is 3. The molecule has 190 valence electrons. The minimum absolute atomic E-state index is 0.141. The number of carbonyl (C=O) groups is 2. The van der Waals surface area contributed by atoms with Gasteiger partial charge in [-0.15, -0.1) is 0 Å². The summed E-state index contributed by atoms with van der Waals surface area (Å²) in [6, 6.07) is 23.0. The van der Waals surface area contributed by atoms with E-state index in [1.165, 1.54) is 0 Å². The number of carbonyl (C=O) groups excluding carboxylic acids is 2. The Morgan fingerprint density at radius 2 is 1.53 bits per heavy atom. The molecule has 3 aromatic carbocycles. The van der Waals surface area contributed by atoms with E-state index in [4.69, 9.17) is 4.74 Å². The predicted molar refractivity (Wildman–Crippen MR) is 145 cm³/mol. The molecule has 2 amide bonds. The first-order chi connectivity index (χ1) is 17.2. The third-order valence-corrected chi connectivity index (χ3v) is 6.12. The lowest BCUT2D eigenvalue weighted by Gasteiger charge is -2.32. The fraction of sp³-hybridized carbons (Fsp3) is 0.355. The maximum Gasteiger partial charge on any atom is 0.261 e. The van der Waals surface area contributed by atoms with Gasteiger partial charge in [0.1, 0.15) is 11.8 Å². The molecule has 0 aliphatic heterocycles. The molecule has 0 heterocycles. The summed E-state index contributed by atoms with van der Waals surface area (Å²) >= 11 is 0. The summed E-state index contributed by atoms with van der Waals surface area (Å²) < 4.78 is 5.93. The zero-order chi connectivity index (χ0) is 26.1. The minimum Gasteiger partial charge on any atom is -0.484 e. The third-order valence-electron chi connectivity index (χ3n) is 6.12. The first kappa shape index (κ1) is 27.0. The van der Waals surface area contributed by atoms with E-state index < -0.39 is 6.04 Å². The van der Waals surface area contributed by atoms with Gasteiger partial charge >= 0.3 is 0 Å². The van der Waals surface area contributed by atoms with E-state index in [0.29, 0.717) is 31.2 Å². The highest BCUT2D eigenvalue weighted by molar-refractivity contribution is 5.88. The lowest BCUT2D eigenvalue weighted by atomic mass is 10.0. The Morgan fingerprint density at radius 1 is 0.889 bits per heavy atom. The van der Waals surface area contributed by atoms with Gasteiger partial charge in [0.15, 0.2) is 6.61 Å². The minimum atomic E-state index is -0.666. The lowest BCUT2D eigenvalue weighted by Crippen LogP contribution is -2.52. The first-order valence-corrected chi connectivity index (χ1v) is 12.6. The van der Waals surface area contributed by atoms with Crippen molar-refractivity contribution >= 4 is 11.8 Å². The summed E-state index contributed by atoms with van der Waals surface area (Å²) in [6.45, 7) is 10.9. The summed E-state index contributed by atoms with van der Waals surface area (Å²) in [4.78, 5) is 28.9. The molecule has 1 unspecified atom stereocenters. The van der Waals surface area contributed by atoms with Gasteiger partial charge in [0.05, 0.1) is 0 Å². The van der Waals surface area contributed by atoms with Crippen LogP contribution in [0, 0.1) is 26.7 Å². The van der Waals surface area contributed by atoms with Gasteiger partial charge in [0.2, 0.25) is 5.91 Å². The van der Waals surface area contributed by atoms with Crippen molar-refractivity contribution in [3.8, 4) is 5.75 Å². The van der Waals surface area contributed by atoms with Crippen molar-refractivity contribution in [3.63, 3.8) is 0 Å². The Balaban J connectivity index is 1.92. The second-order valence-corrected chi connectivity index (χ2v) is 9.90. The highest BCUT2D eigenvalue weighted by Crippen LogP contribution is 2.19. The molecule has 1 N–H and O–H groups in total. The quantitative estimate of drug-likeness (QED) is 0.395. The normalized spacial score (nSPS) is 11.7. The maximum atomic E-state index is 13.7. The monoisotopic (exact) mass is 486 g/mol. The van der Waals surface area contributed by atoms with Crippen molar-refractivity contribution in [2.45, 2.75) is 53.6 Å². The molecule has 0 aromatic heterocycles. The van der Waals surface area contributed by atoms with E-state index in [9.17, 15) is 9.59 Å². The van der Waals surface area contributed by atoms with Crippen LogP contribution in [-0.4, -0.2) is 35.9 Å². The fourth-order valence-corrected chi connectivity index (χ4v) is 4.19. The third kappa shape index (κ3) is 7.98. The number of rotatable bonds is 11. The van der Waals surface area contributed by atoms with E-state index in [-0.39, 0.29) is 18.4 Å².